The number of carbonyl (C=O) groups excluding carboxylic acids is 1. The summed E-state index contributed by atoms with van der Waals surface area (Å²) < 4.78 is 26.3. The van der Waals surface area contributed by atoms with E-state index in [1.807, 2.05) is 0 Å². The minimum absolute atomic E-state index is 0.0240. The maximum Gasteiger partial charge on any atom is 0.363 e. The van der Waals surface area contributed by atoms with Gasteiger partial charge in [0.1, 0.15) is 11.5 Å². The molecule has 30 heavy (non-hydrogen) atoms. The van der Waals surface area contributed by atoms with Crippen molar-refractivity contribution < 1.29 is 33.4 Å². The van der Waals surface area contributed by atoms with Crippen LogP contribution in [-0.2, 0) is 9.53 Å². The van der Waals surface area contributed by atoms with Gasteiger partial charge in [-0.05, 0) is 18.2 Å². The number of benzene rings is 2. The minimum atomic E-state index is -0.726. The zero-order valence-electron chi connectivity index (χ0n) is 16.6. The summed E-state index contributed by atoms with van der Waals surface area (Å²) in [5, 5.41) is 11.1. The van der Waals surface area contributed by atoms with Gasteiger partial charge in [-0.2, -0.15) is 0 Å². The van der Waals surface area contributed by atoms with Crippen LogP contribution >= 0.6 is 0 Å². The number of aliphatic imine (C=N–C) groups is 1. The lowest BCUT2D eigenvalue weighted by atomic mass is 10.1. The number of methoxy groups -OCH3 is 4. The number of rotatable bonds is 7. The molecule has 2 aromatic carbocycles. The van der Waals surface area contributed by atoms with E-state index in [0.717, 1.165) is 0 Å². The summed E-state index contributed by atoms with van der Waals surface area (Å²) in [5.41, 5.74) is 0.466. The number of carbonyl (C=O) groups is 1. The Morgan fingerprint density at radius 3 is 2.17 bits per heavy atom. The molecule has 10 nitrogen and oxygen atoms in total. The fourth-order valence-electron chi connectivity index (χ4n) is 2.81. The fraction of sp³-hybridized carbons (Fsp3) is 0.200. The standard InChI is InChI=1S/C20H18N2O8/c1-26-15-6-5-12(22(24)25)9-13(15)19-21-14(20(23)30-19)7-11-8-17(28-3)18(29-4)10-16(11)27-2/h5-10H,1-4H3. The van der Waals surface area contributed by atoms with Crippen LogP contribution in [0.25, 0.3) is 6.08 Å². The number of hydrogen-bond donors (Lipinski definition) is 0. The average Bonchev–Trinajstić information content (AvgIpc) is 3.12. The van der Waals surface area contributed by atoms with Gasteiger partial charge in [0, 0.05) is 23.8 Å². The average molecular weight is 414 g/mol. The molecule has 0 aromatic heterocycles. The van der Waals surface area contributed by atoms with Gasteiger partial charge in [-0.15, -0.1) is 0 Å². The second-order valence-electron chi connectivity index (χ2n) is 5.93. The van der Waals surface area contributed by atoms with Crippen molar-refractivity contribution in [2.24, 2.45) is 4.99 Å². The van der Waals surface area contributed by atoms with Gasteiger partial charge in [-0.1, -0.05) is 0 Å². The molecule has 0 amide bonds. The van der Waals surface area contributed by atoms with E-state index >= 15 is 0 Å². The Morgan fingerprint density at radius 1 is 0.933 bits per heavy atom. The Kier molecular flexibility index (Phi) is 5.86. The van der Waals surface area contributed by atoms with Crippen molar-refractivity contribution in [3.05, 3.63) is 57.3 Å². The van der Waals surface area contributed by atoms with Gasteiger partial charge >= 0.3 is 5.97 Å². The normalized spacial score (nSPS) is 14.2. The van der Waals surface area contributed by atoms with E-state index in [4.69, 9.17) is 23.7 Å². The summed E-state index contributed by atoms with van der Waals surface area (Å²) in [5.74, 6) is 0.750. The van der Waals surface area contributed by atoms with Gasteiger partial charge in [-0.25, -0.2) is 9.79 Å². The molecule has 0 aliphatic carbocycles. The minimum Gasteiger partial charge on any atom is -0.496 e. The van der Waals surface area contributed by atoms with Crippen LogP contribution < -0.4 is 18.9 Å². The maximum atomic E-state index is 12.4. The van der Waals surface area contributed by atoms with Gasteiger partial charge in [0.25, 0.3) is 5.69 Å². The van der Waals surface area contributed by atoms with Crippen LogP contribution in [0.5, 0.6) is 23.0 Å². The third-order valence-corrected chi connectivity index (χ3v) is 4.27. The zero-order chi connectivity index (χ0) is 21.8. The highest BCUT2D eigenvalue weighted by Gasteiger charge is 2.28. The molecular formula is C20H18N2O8. The van der Waals surface area contributed by atoms with Gasteiger partial charge in [0.2, 0.25) is 5.90 Å². The number of nitrogens with zero attached hydrogens (tertiary/aromatic N) is 2. The molecule has 3 rings (SSSR count). The third-order valence-electron chi connectivity index (χ3n) is 4.27. The second-order valence-corrected chi connectivity index (χ2v) is 5.93. The maximum absolute atomic E-state index is 12.4. The SMILES string of the molecule is COc1cc(OC)c(OC)cc1C=C1N=C(c2cc([N+](=O)[O-])ccc2OC)OC1=O. The monoisotopic (exact) mass is 414 g/mol. The Bertz CT molecular complexity index is 1070. The lowest BCUT2D eigenvalue weighted by Gasteiger charge is -2.12. The molecule has 2 aromatic rings. The van der Waals surface area contributed by atoms with Gasteiger partial charge in [0.15, 0.2) is 17.2 Å². The molecular weight excluding hydrogens is 396 g/mol. The van der Waals surface area contributed by atoms with Gasteiger partial charge < -0.3 is 23.7 Å². The first-order valence-electron chi connectivity index (χ1n) is 8.57. The number of nitro benzene ring substituents is 1. The van der Waals surface area contributed by atoms with Crippen LogP contribution in [-0.4, -0.2) is 45.2 Å². The van der Waals surface area contributed by atoms with Crippen LogP contribution in [0.4, 0.5) is 5.69 Å². The Labute approximate surface area is 171 Å². The molecule has 156 valence electrons. The zero-order valence-corrected chi connectivity index (χ0v) is 16.6. The van der Waals surface area contributed by atoms with E-state index < -0.39 is 10.9 Å². The van der Waals surface area contributed by atoms with Crippen molar-refractivity contribution in [2.45, 2.75) is 0 Å². The number of ether oxygens (including phenoxy) is 5. The highest BCUT2D eigenvalue weighted by atomic mass is 16.6. The Balaban J connectivity index is 2.08. The van der Waals surface area contributed by atoms with E-state index in [1.165, 1.54) is 52.7 Å². The molecule has 0 saturated carbocycles. The molecule has 0 N–H and O–H groups in total. The fourth-order valence-corrected chi connectivity index (χ4v) is 2.81. The number of cyclic esters (lactones) is 1. The largest absolute Gasteiger partial charge is 0.496 e. The summed E-state index contributed by atoms with van der Waals surface area (Å²) in [7, 11) is 5.84. The topological polar surface area (TPSA) is 119 Å². The molecule has 0 bridgehead atoms. The smallest absolute Gasteiger partial charge is 0.363 e. The molecule has 0 fully saturated rings. The predicted molar refractivity (Wildman–Crippen MR) is 106 cm³/mol. The molecule has 1 aliphatic heterocycles. The quantitative estimate of drug-likeness (QED) is 0.294. The predicted octanol–water partition coefficient (Wildman–Crippen LogP) is 2.97. The van der Waals surface area contributed by atoms with Crippen LogP contribution in [0.2, 0.25) is 0 Å². The summed E-state index contributed by atoms with van der Waals surface area (Å²) in [6.07, 6.45) is 1.46. The molecule has 0 atom stereocenters. The lowest BCUT2D eigenvalue weighted by Crippen LogP contribution is -2.07. The van der Waals surface area contributed by atoms with E-state index in [-0.39, 0.29) is 28.6 Å². The van der Waals surface area contributed by atoms with Crippen LogP contribution in [0.3, 0.4) is 0 Å². The van der Waals surface area contributed by atoms with Crippen molar-refractivity contribution in [1.29, 1.82) is 0 Å². The van der Waals surface area contributed by atoms with Crippen LogP contribution in [0, 0.1) is 10.1 Å². The molecule has 0 spiro atoms. The number of hydrogen-bond acceptors (Lipinski definition) is 9. The summed E-state index contributed by atoms with van der Waals surface area (Å²) in [6, 6.07) is 7.15. The van der Waals surface area contributed by atoms with Crippen molar-refractivity contribution in [1.82, 2.24) is 0 Å². The highest BCUT2D eigenvalue weighted by molar-refractivity contribution is 6.14. The van der Waals surface area contributed by atoms with E-state index in [2.05, 4.69) is 4.99 Å². The molecule has 10 heteroatoms. The molecule has 1 aliphatic rings. The summed E-state index contributed by atoms with van der Waals surface area (Å²) in [4.78, 5) is 27.1. The van der Waals surface area contributed by atoms with E-state index in [0.29, 0.717) is 22.8 Å². The van der Waals surface area contributed by atoms with Gasteiger partial charge in [0.05, 0.1) is 38.9 Å². The Morgan fingerprint density at radius 2 is 1.57 bits per heavy atom. The first-order chi connectivity index (χ1) is 14.4. The second kappa shape index (κ2) is 8.52. The van der Waals surface area contributed by atoms with E-state index in [1.54, 1.807) is 12.1 Å². The summed E-state index contributed by atoms with van der Waals surface area (Å²) >= 11 is 0. The van der Waals surface area contributed by atoms with E-state index in [9.17, 15) is 14.9 Å². The lowest BCUT2D eigenvalue weighted by molar-refractivity contribution is -0.384. The van der Waals surface area contributed by atoms with Crippen LogP contribution in [0.1, 0.15) is 11.1 Å². The molecule has 0 radical (unpaired) electrons. The molecule has 1 heterocycles. The van der Waals surface area contributed by atoms with Crippen LogP contribution in [0.15, 0.2) is 41.0 Å². The van der Waals surface area contributed by atoms with Crippen molar-refractivity contribution >= 4 is 23.6 Å². The van der Waals surface area contributed by atoms with Gasteiger partial charge in [-0.3, -0.25) is 10.1 Å². The summed E-state index contributed by atoms with van der Waals surface area (Å²) in [6.45, 7) is 0. The first-order valence-corrected chi connectivity index (χ1v) is 8.57. The molecule has 0 unspecified atom stereocenters. The number of nitro groups is 1. The van der Waals surface area contributed by atoms with Crippen molar-refractivity contribution in [3.8, 4) is 23.0 Å². The Hall–Kier alpha value is -4.08. The van der Waals surface area contributed by atoms with Crippen molar-refractivity contribution in [2.75, 3.05) is 28.4 Å². The third kappa shape index (κ3) is 3.88. The van der Waals surface area contributed by atoms with Crippen molar-refractivity contribution in [3.63, 3.8) is 0 Å². The highest BCUT2D eigenvalue weighted by Crippen LogP contribution is 2.36. The number of esters is 1. The number of non-ortho nitro benzene ring substituents is 1. The molecule has 0 saturated heterocycles. The first kappa shape index (κ1) is 20.6.